The minimum Gasteiger partial charge on any atom is -0.309 e. The van der Waals surface area contributed by atoms with Crippen LogP contribution in [0.4, 0.5) is 17.1 Å². The molecular weight excluding hydrogens is 723 g/mol. The quantitative estimate of drug-likeness (QED) is 0.161. The predicted molar refractivity (Wildman–Crippen MR) is 254 cm³/mol. The van der Waals surface area contributed by atoms with E-state index in [1.54, 1.807) is 0 Å². The lowest BCUT2D eigenvalue weighted by molar-refractivity contribution is 0.565. The van der Waals surface area contributed by atoms with Gasteiger partial charge in [0.05, 0.1) is 17.1 Å². The third-order valence-corrected chi connectivity index (χ3v) is 14.9. The highest BCUT2D eigenvalue weighted by atomic mass is 15.2. The molecule has 1 atom stereocenters. The number of rotatable bonds is 4. The van der Waals surface area contributed by atoms with E-state index in [1.807, 2.05) is 0 Å². The van der Waals surface area contributed by atoms with Crippen LogP contribution in [0.25, 0.3) is 49.4 Å². The summed E-state index contributed by atoms with van der Waals surface area (Å²) in [6.07, 6.45) is 8.39. The first kappa shape index (κ1) is 35.5. The zero-order valence-electron chi connectivity index (χ0n) is 35.4. The second-order valence-electron chi connectivity index (χ2n) is 19.2. The Morgan fingerprint density at radius 1 is 0.417 bits per heavy atom. The third-order valence-electron chi connectivity index (χ3n) is 14.9. The van der Waals surface area contributed by atoms with Crippen molar-refractivity contribution < 1.29 is 0 Å². The lowest BCUT2D eigenvalue weighted by Crippen LogP contribution is -2.43. The van der Waals surface area contributed by atoms with Gasteiger partial charge in [0.25, 0.3) is 0 Å². The number of para-hydroxylation sites is 1. The Kier molecular flexibility index (Phi) is 7.28. The zero-order chi connectivity index (χ0) is 40.7. The molecule has 60 heavy (non-hydrogen) atoms. The van der Waals surface area contributed by atoms with E-state index in [0.717, 1.165) is 6.42 Å². The second kappa shape index (κ2) is 12.3. The van der Waals surface area contributed by atoms with Gasteiger partial charge < -0.3 is 4.90 Å². The maximum absolute atomic E-state index is 2.70. The summed E-state index contributed by atoms with van der Waals surface area (Å²) in [5.74, 6) is 0.267. The molecule has 0 aromatic heterocycles. The summed E-state index contributed by atoms with van der Waals surface area (Å²) in [5.41, 5.74) is 21.4. The molecule has 3 aliphatic heterocycles. The number of nitrogens with zero attached hydrogens (tertiary/aromatic N) is 1. The topological polar surface area (TPSA) is 3.24 Å². The summed E-state index contributed by atoms with van der Waals surface area (Å²) >= 11 is 0. The number of allylic oxidation sites excluding steroid dienone is 4. The van der Waals surface area contributed by atoms with Gasteiger partial charge in [0, 0.05) is 22.2 Å². The van der Waals surface area contributed by atoms with E-state index in [0.29, 0.717) is 0 Å². The van der Waals surface area contributed by atoms with Crippen molar-refractivity contribution in [3.63, 3.8) is 0 Å². The van der Waals surface area contributed by atoms with Crippen molar-refractivity contribution in [2.24, 2.45) is 0 Å². The third kappa shape index (κ3) is 4.69. The van der Waals surface area contributed by atoms with Crippen molar-refractivity contribution in [2.75, 3.05) is 4.90 Å². The van der Waals surface area contributed by atoms with Crippen LogP contribution in [-0.4, -0.2) is 0 Å². The molecule has 0 bridgehead atoms. The van der Waals surface area contributed by atoms with Gasteiger partial charge in [0.1, 0.15) is 0 Å². The van der Waals surface area contributed by atoms with Crippen molar-refractivity contribution in [3.05, 3.63) is 214 Å². The monoisotopic (exact) mass is 771 g/mol. The second-order valence-corrected chi connectivity index (χ2v) is 19.2. The van der Waals surface area contributed by atoms with Gasteiger partial charge in [-0.15, -0.1) is 0 Å². The van der Waals surface area contributed by atoms with E-state index in [1.165, 1.54) is 111 Å². The van der Waals surface area contributed by atoms with Crippen LogP contribution >= 0.6 is 0 Å². The Morgan fingerprint density at radius 3 is 1.35 bits per heavy atom. The Morgan fingerprint density at radius 2 is 0.850 bits per heavy atom. The Labute approximate surface area is 354 Å². The molecular formula is C59H49N. The molecule has 0 saturated carbocycles. The summed E-state index contributed by atoms with van der Waals surface area (Å²) in [6.45, 7) is 14.8. The molecule has 1 nitrogen and oxygen atoms in total. The van der Waals surface area contributed by atoms with Crippen molar-refractivity contribution >= 4 is 44.2 Å². The van der Waals surface area contributed by atoms with E-state index in [-0.39, 0.29) is 22.2 Å². The average Bonchev–Trinajstić information content (AvgIpc) is 3.27. The molecule has 8 aromatic rings. The fourth-order valence-corrected chi connectivity index (χ4v) is 11.7. The highest BCUT2D eigenvalue weighted by molar-refractivity contribution is 6.19. The average molecular weight is 772 g/mol. The summed E-state index contributed by atoms with van der Waals surface area (Å²) in [6, 6.07) is 57.2. The van der Waals surface area contributed by atoms with Crippen molar-refractivity contribution in [1.29, 1.82) is 0 Å². The molecule has 0 saturated heterocycles. The summed E-state index contributed by atoms with van der Waals surface area (Å²) in [4.78, 5) is 2.70. The minimum atomic E-state index is -0.223. The van der Waals surface area contributed by atoms with Crippen LogP contribution < -0.4 is 4.90 Å². The number of anilines is 3. The van der Waals surface area contributed by atoms with Gasteiger partial charge >= 0.3 is 0 Å². The molecule has 0 amide bonds. The normalized spacial score (nSPS) is 18.3. The Hall–Kier alpha value is -6.44. The maximum atomic E-state index is 2.70. The highest BCUT2D eigenvalue weighted by Gasteiger charge is 2.52. The highest BCUT2D eigenvalue weighted by Crippen LogP contribution is 2.67. The maximum Gasteiger partial charge on any atom is 0.0544 e. The van der Waals surface area contributed by atoms with E-state index >= 15 is 0 Å². The first-order valence-corrected chi connectivity index (χ1v) is 21.8. The minimum absolute atomic E-state index is 0.159. The van der Waals surface area contributed by atoms with Crippen molar-refractivity contribution in [3.8, 4) is 22.3 Å². The molecule has 1 unspecified atom stereocenters. The van der Waals surface area contributed by atoms with Crippen LogP contribution in [0.3, 0.4) is 0 Å². The van der Waals surface area contributed by atoms with Gasteiger partial charge in [-0.05, 0) is 112 Å². The molecule has 1 heteroatoms. The molecule has 12 rings (SSSR count). The molecule has 0 radical (unpaired) electrons. The van der Waals surface area contributed by atoms with Gasteiger partial charge in [-0.2, -0.15) is 0 Å². The Balaban J connectivity index is 1.03. The van der Waals surface area contributed by atoms with Gasteiger partial charge in [0.15, 0.2) is 0 Å². The first-order chi connectivity index (χ1) is 29.0. The molecule has 4 aliphatic rings. The number of fused-ring (bicyclic) bond motifs is 2. The van der Waals surface area contributed by atoms with Crippen molar-refractivity contribution in [1.82, 2.24) is 0 Å². The lowest BCUT2D eigenvalue weighted by Gasteiger charge is -2.55. The smallest absolute Gasteiger partial charge is 0.0544 e. The van der Waals surface area contributed by atoms with E-state index in [2.05, 4.69) is 216 Å². The Bertz CT molecular complexity index is 3130. The van der Waals surface area contributed by atoms with E-state index in [4.69, 9.17) is 0 Å². The van der Waals surface area contributed by atoms with Crippen LogP contribution in [0.15, 0.2) is 170 Å². The molecule has 0 N–H and O–H groups in total. The van der Waals surface area contributed by atoms with Crippen LogP contribution in [0.5, 0.6) is 0 Å². The number of benzene rings is 8. The van der Waals surface area contributed by atoms with Crippen molar-refractivity contribution in [2.45, 2.75) is 70.1 Å². The molecule has 0 spiro atoms. The van der Waals surface area contributed by atoms with Crippen LogP contribution in [-0.2, 0) is 16.2 Å². The van der Waals surface area contributed by atoms with Crippen LogP contribution in [0.1, 0.15) is 98.4 Å². The molecule has 1 aliphatic carbocycles. The van der Waals surface area contributed by atoms with Gasteiger partial charge in [-0.1, -0.05) is 199 Å². The SMILES string of the molecule is CC1(C)c2cccc3c2N2c4c1cc(-c1ccccc1)cc4C(C)(C)c1cc(C4C=CC(c5c6ccccc6c(-c6ccccc6)c6ccccc56)=CC4)cc(c12)C3(C)C. The van der Waals surface area contributed by atoms with Crippen LogP contribution in [0, 0.1) is 0 Å². The molecule has 290 valence electrons. The van der Waals surface area contributed by atoms with E-state index in [9.17, 15) is 0 Å². The summed E-state index contributed by atoms with van der Waals surface area (Å²) in [5, 5.41) is 5.22. The van der Waals surface area contributed by atoms with Gasteiger partial charge in [0.2, 0.25) is 0 Å². The van der Waals surface area contributed by atoms with Gasteiger partial charge in [-0.3, -0.25) is 0 Å². The summed E-state index contributed by atoms with van der Waals surface area (Å²) < 4.78 is 0. The molecule has 8 aromatic carbocycles. The first-order valence-electron chi connectivity index (χ1n) is 21.8. The molecule has 0 fully saturated rings. The number of hydrogen-bond donors (Lipinski definition) is 0. The zero-order valence-corrected chi connectivity index (χ0v) is 35.4. The summed E-state index contributed by atoms with van der Waals surface area (Å²) in [7, 11) is 0. The fraction of sp³-hybridized carbons (Fsp3) is 0.186. The number of hydrogen-bond acceptors (Lipinski definition) is 1. The standard InChI is InChI=1S/C59H49N/c1-57(2)46-26-17-27-47-54(46)60-55-48(57)32-40(36-18-9-7-10-19-36)33-50(55)59(5,6)51-35-41(34-49(56(51)60)58(47,3)4)37-28-30-39(31-29-37)53-44-24-15-13-22-42(44)52(38-20-11-8-12-21-38)43-23-14-16-25-45(43)53/h7-28,30-35,37H,29H2,1-6H3. The largest absolute Gasteiger partial charge is 0.309 e. The lowest BCUT2D eigenvalue weighted by atomic mass is 9.60. The predicted octanol–water partition coefficient (Wildman–Crippen LogP) is 15.8. The van der Waals surface area contributed by atoms with Crippen LogP contribution in [0.2, 0.25) is 0 Å². The fourth-order valence-electron chi connectivity index (χ4n) is 11.7. The van der Waals surface area contributed by atoms with Gasteiger partial charge in [-0.25, -0.2) is 0 Å². The molecule has 3 heterocycles. The van der Waals surface area contributed by atoms with E-state index < -0.39 is 0 Å².